The molecule has 2 aromatic rings. The van der Waals surface area contributed by atoms with Gasteiger partial charge in [0.25, 0.3) is 5.69 Å². The van der Waals surface area contributed by atoms with Crippen LogP contribution in [-0.4, -0.2) is 12.0 Å². The van der Waals surface area contributed by atoms with Gasteiger partial charge >= 0.3 is 0 Å². The van der Waals surface area contributed by atoms with Crippen molar-refractivity contribution >= 4 is 17.3 Å². The van der Waals surface area contributed by atoms with Gasteiger partial charge in [0.15, 0.2) is 0 Å². The molecule has 1 unspecified atom stereocenters. The predicted octanol–water partition coefficient (Wildman–Crippen LogP) is 4.06. The molecule has 0 aliphatic carbocycles. The number of benzene rings is 2. The van der Waals surface area contributed by atoms with Crippen LogP contribution in [0.15, 0.2) is 42.5 Å². The van der Waals surface area contributed by atoms with E-state index in [0.717, 1.165) is 11.1 Å². The molecular formula is C16H17ClN2O2. The van der Waals surface area contributed by atoms with Crippen molar-refractivity contribution in [2.24, 2.45) is 0 Å². The summed E-state index contributed by atoms with van der Waals surface area (Å²) in [5, 5.41) is 15.0. The van der Waals surface area contributed by atoms with Crippen LogP contribution in [0.1, 0.15) is 22.7 Å². The third kappa shape index (κ3) is 3.40. The highest BCUT2D eigenvalue weighted by molar-refractivity contribution is 6.32. The van der Waals surface area contributed by atoms with Crippen molar-refractivity contribution in [3.05, 3.63) is 74.3 Å². The number of likely N-dealkylation sites (N-methyl/N-ethyl adjacent to an activating group) is 1. The van der Waals surface area contributed by atoms with Crippen molar-refractivity contribution in [3.8, 4) is 0 Å². The van der Waals surface area contributed by atoms with E-state index in [4.69, 9.17) is 11.6 Å². The highest BCUT2D eigenvalue weighted by atomic mass is 35.5. The average molecular weight is 305 g/mol. The molecule has 0 bridgehead atoms. The second-order valence-electron chi connectivity index (χ2n) is 4.91. The van der Waals surface area contributed by atoms with Gasteiger partial charge in [0.05, 0.1) is 4.92 Å². The summed E-state index contributed by atoms with van der Waals surface area (Å²) in [6, 6.07) is 12.6. The fourth-order valence-electron chi connectivity index (χ4n) is 2.39. The van der Waals surface area contributed by atoms with Crippen LogP contribution in [0.3, 0.4) is 0 Å². The summed E-state index contributed by atoms with van der Waals surface area (Å²) in [4.78, 5) is 10.8. The molecule has 0 aliphatic heterocycles. The minimum Gasteiger partial charge on any atom is -0.313 e. The second-order valence-corrected chi connectivity index (χ2v) is 5.29. The Morgan fingerprint density at radius 3 is 2.62 bits per heavy atom. The van der Waals surface area contributed by atoms with E-state index < -0.39 is 0 Å². The Hall–Kier alpha value is -1.91. The normalized spacial score (nSPS) is 12.1. The Balaban J connectivity index is 2.36. The number of para-hydroxylation sites is 1. The van der Waals surface area contributed by atoms with Gasteiger partial charge in [-0.3, -0.25) is 10.1 Å². The Labute approximate surface area is 128 Å². The molecule has 1 N–H and O–H groups in total. The number of nitro groups is 1. The van der Waals surface area contributed by atoms with Crippen molar-refractivity contribution in [2.45, 2.75) is 19.4 Å². The minimum atomic E-state index is -0.347. The van der Waals surface area contributed by atoms with Gasteiger partial charge in [-0.15, -0.1) is 0 Å². The molecular weight excluding hydrogens is 288 g/mol. The summed E-state index contributed by atoms with van der Waals surface area (Å²) >= 11 is 6.36. The summed E-state index contributed by atoms with van der Waals surface area (Å²) < 4.78 is 0. The molecule has 0 saturated carbocycles. The molecule has 0 spiro atoms. The molecule has 0 aliphatic rings. The molecule has 4 nitrogen and oxygen atoms in total. The van der Waals surface area contributed by atoms with Gasteiger partial charge in [0.1, 0.15) is 0 Å². The molecule has 0 fully saturated rings. The maximum atomic E-state index is 11.1. The molecule has 1 atom stereocenters. The number of halogens is 1. The van der Waals surface area contributed by atoms with Gasteiger partial charge in [-0.25, -0.2) is 0 Å². The third-order valence-electron chi connectivity index (χ3n) is 3.56. The number of hydrogen-bond acceptors (Lipinski definition) is 3. The predicted molar refractivity (Wildman–Crippen MR) is 84.8 cm³/mol. The monoisotopic (exact) mass is 304 g/mol. The van der Waals surface area contributed by atoms with E-state index in [-0.39, 0.29) is 16.7 Å². The highest BCUT2D eigenvalue weighted by Crippen LogP contribution is 2.30. The number of nitro benzene ring substituents is 1. The molecule has 0 aromatic heterocycles. The lowest BCUT2D eigenvalue weighted by Gasteiger charge is -2.19. The quantitative estimate of drug-likeness (QED) is 0.669. The van der Waals surface area contributed by atoms with E-state index in [9.17, 15) is 10.1 Å². The Morgan fingerprint density at radius 2 is 1.95 bits per heavy atom. The summed E-state index contributed by atoms with van der Waals surface area (Å²) in [6.07, 6.45) is 0.511. The van der Waals surface area contributed by atoms with Crippen molar-refractivity contribution in [2.75, 3.05) is 7.05 Å². The van der Waals surface area contributed by atoms with E-state index in [1.165, 1.54) is 6.07 Å². The SMILES string of the molecule is CNC(Cc1ccccc1[N+](=O)[O-])c1cccc(C)c1Cl. The number of rotatable bonds is 5. The van der Waals surface area contributed by atoms with Gasteiger partial charge in [-0.05, 0) is 31.5 Å². The topological polar surface area (TPSA) is 55.2 Å². The zero-order valence-electron chi connectivity index (χ0n) is 12.0. The summed E-state index contributed by atoms with van der Waals surface area (Å²) in [7, 11) is 1.83. The van der Waals surface area contributed by atoms with Crippen LogP contribution >= 0.6 is 11.6 Å². The van der Waals surface area contributed by atoms with Crippen molar-refractivity contribution in [3.63, 3.8) is 0 Å². The van der Waals surface area contributed by atoms with Crippen LogP contribution in [0.25, 0.3) is 0 Å². The first-order chi connectivity index (χ1) is 10.0. The summed E-state index contributed by atoms with van der Waals surface area (Å²) in [5.74, 6) is 0. The van der Waals surface area contributed by atoms with Crippen LogP contribution < -0.4 is 5.32 Å². The lowest BCUT2D eigenvalue weighted by Crippen LogP contribution is -2.20. The molecule has 0 saturated heterocycles. The minimum absolute atomic E-state index is 0.0708. The zero-order valence-corrected chi connectivity index (χ0v) is 12.7. The third-order valence-corrected chi connectivity index (χ3v) is 4.07. The maximum Gasteiger partial charge on any atom is 0.272 e. The van der Waals surface area contributed by atoms with Crippen molar-refractivity contribution in [1.29, 1.82) is 0 Å². The van der Waals surface area contributed by atoms with Gasteiger partial charge in [0.2, 0.25) is 0 Å². The Morgan fingerprint density at radius 1 is 1.24 bits per heavy atom. The molecule has 110 valence electrons. The fraction of sp³-hybridized carbons (Fsp3) is 0.250. The molecule has 0 amide bonds. The van der Waals surface area contributed by atoms with Crippen molar-refractivity contribution < 1.29 is 4.92 Å². The molecule has 21 heavy (non-hydrogen) atoms. The van der Waals surface area contributed by atoms with Crippen molar-refractivity contribution in [1.82, 2.24) is 5.32 Å². The number of aryl methyl sites for hydroxylation is 1. The van der Waals surface area contributed by atoms with Crippen LogP contribution in [0, 0.1) is 17.0 Å². The average Bonchev–Trinajstić information content (AvgIpc) is 2.48. The van der Waals surface area contributed by atoms with Crippen LogP contribution in [0.2, 0.25) is 5.02 Å². The molecule has 0 radical (unpaired) electrons. The largest absolute Gasteiger partial charge is 0.313 e. The summed E-state index contributed by atoms with van der Waals surface area (Å²) in [5.41, 5.74) is 2.79. The fourth-order valence-corrected chi connectivity index (χ4v) is 2.65. The van der Waals surface area contributed by atoms with E-state index >= 15 is 0 Å². The molecule has 2 aromatic carbocycles. The van der Waals surface area contributed by atoms with Gasteiger partial charge in [-0.2, -0.15) is 0 Å². The Bertz CT molecular complexity index is 658. The standard InChI is InChI=1S/C16H17ClN2O2/c1-11-6-5-8-13(16(11)17)14(18-2)10-12-7-3-4-9-15(12)19(20)21/h3-9,14,18H,10H2,1-2H3. The summed E-state index contributed by atoms with van der Waals surface area (Å²) in [6.45, 7) is 1.95. The molecule has 5 heteroatoms. The maximum absolute atomic E-state index is 11.1. The lowest BCUT2D eigenvalue weighted by molar-refractivity contribution is -0.385. The number of nitrogens with zero attached hydrogens (tertiary/aromatic N) is 1. The lowest BCUT2D eigenvalue weighted by atomic mass is 9.96. The highest BCUT2D eigenvalue weighted by Gasteiger charge is 2.19. The first-order valence-corrected chi connectivity index (χ1v) is 7.07. The van der Waals surface area contributed by atoms with E-state index in [0.29, 0.717) is 17.0 Å². The first-order valence-electron chi connectivity index (χ1n) is 6.69. The van der Waals surface area contributed by atoms with E-state index in [2.05, 4.69) is 5.32 Å². The zero-order chi connectivity index (χ0) is 15.4. The molecule has 0 heterocycles. The van der Waals surface area contributed by atoms with E-state index in [1.54, 1.807) is 12.1 Å². The number of hydrogen-bond donors (Lipinski definition) is 1. The van der Waals surface area contributed by atoms with Gasteiger partial charge in [0, 0.05) is 22.7 Å². The first kappa shape index (κ1) is 15.5. The number of nitrogens with one attached hydrogen (secondary N) is 1. The second kappa shape index (κ2) is 6.70. The van der Waals surface area contributed by atoms with E-state index in [1.807, 2.05) is 38.2 Å². The van der Waals surface area contributed by atoms with Gasteiger partial charge < -0.3 is 5.32 Å². The van der Waals surface area contributed by atoms with Crippen LogP contribution in [0.4, 0.5) is 5.69 Å². The molecule has 2 rings (SSSR count). The Kier molecular flexibility index (Phi) is 4.94. The smallest absolute Gasteiger partial charge is 0.272 e. The van der Waals surface area contributed by atoms with Crippen LogP contribution in [-0.2, 0) is 6.42 Å². The van der Waals surface area contributed by atoms with Gasteiger partial charge in [-0.1, -0.05) is 48.0 Å². The van der Waals surface area contributed by atoms with Crippen LogP contribution in [0.5, 0.6) is 0 Å².